The summed E-state index contributed by atoms with van der Waals surface area (Å²) in [6.07, 6.45) is 0. The largest absolute Gasteiger partial charge is 0.483 e. The molecule has 7 heteroatoms. The van der Waals surface area contributed by atoms with Crippen LogP contribution < -0.4 is 4.74 Å². The molecule has 1 aliphatic rings. The molecule has 2 aromatic carbocycles. The zero-order valence-corrected chi connectivity index (χ0v) is 19.0. The zero-order valence-electron chi connectivity index (χ0n) is 15.9. The van der Waals surface area contributed by atoms with Gasteiger partial charge in [-0.1, -0.05) is 28.1 Å². The maximum absolute atomic E-state index is 13.1. The number of carbonyl (C=O) groups is 1. The van der Waals surface area contributed by atoms with Crippen LogP contribution in [0.3, 0.4) is 0 Å². The van der Waals surface area contributed by atoms with E-state index < -0.39 is 0 Å². The molecule has 0 aliphatic carbocycles. The molecule has 1 heterocycles. The summed E-state index contributed by atoms with van der Waals surface area (Å²) >= 11 is 6.85. The second kappa shape index (κ2) is 9.37. The Kier molecular flexibility index (Phi) is 7.12. The third-order valence-electron chi connectivity index (χ3n) is 4.98. The number of piperazine rings is 1. The average Bonchev–Trinajstić information content (AvgIpc) is 2.65. The van der Waals surface area contributed by atoms with E-state index in [1.807, 2.05) is 35.2 Å². The molecule has 28 heavy (non-hydrogen) atoms. The maximum atomic E-state index is 13.1. The maximum Gasteiger partial charge on any atom is 0.260 e. The molecular weight excluding hydrogens is 491 g/mol. The fraction of sp³-hybridized carbons (Fsp3) is 0.381. The number of benzene rings is 2. The van der Waals surface area contributed by atoms with E-state index in [0.717, 1.165) is 27.6 Å². The van der Waals surface area contributed by atoms with Crippen LogP contribution >= 0.6 is 31.9 Å². The summed E-state index contributed by atoms with van der Waals surface area (Å²) in [6.45, 7) is 6.34. The Bertz CT molecular complexity index is 832. The molecule has 0 spiro atoms. The first kappa shape index (κ1) is 21.3. The van der Waals surface area contributed by atoms with Gasteiger partial charge in [0.2, 0.25) is 0 Å². The molecule has 0 N–H and O–H groups in total. The van der Waals surface area contributed by atoms with Crippen molar-refractivity contribution in [2.45, 2.75) is 32.5 Å². The lowest BCUT2D eigenvalue weighted by atomic mass is 10.1. The highest BCUT2D eigenvalue weighted by molar-refractivity contribution is 9.11. The van der Waals surface area contributed by atoms with Gasteiger partial charge in [0.15, 0.2) is 6.61 Å². The number of nitrogens with zero attached hydrogens (tertiary/aromatic N) is 2. The van der Waals surface area contributed by atoms with Crippen molar-refractivity contribution in [2.24, 2.45) is 0 Å². The predicted molar refractivity (Wildman–Crippen MR) is 115 cm³/mol. The van der Waals surface area contributed by atoms with Gasteiger partial charge in [-0.15, -0.1) is 0 Å². The van der Waals surface area contributed by atoms with Gasteiger partial charge in [0, 0.05) is 36.2 Å². The van der Waals surface area contributed by atoms with E-state index in [2.05, 4.69) is 50.6 Å². The van der Waals surface area contributed by atoms with Crippen molar-refractivity contribution >= 4 is 37.8 Å². The van der Waals surface area contributed by atoms with Gasteiger partial charge in [-0.2, -0.15) is 0 Å². The van der Waals surface area contributed by atoms with Gasteiger partial charge in [0.05, 0.1) is 4.47 Å². The standard InChI is InChI=1S/C21H23Br2FN2O2/c1-14-11-26(21(27)13-28-20-8-5-17(22)9-19(20)23)15(2)10-25(14)12-16-3-6-18(24)7-4-16/h3-9,14-15H,10-13H2,1-2H3/t14-,15+/m1/s1. The van der Waals surface area contributed by atoms with Crippen LogP contribution in [0.2, 0.25) is 0 Å². The predicted octanol–water partition coefficient (Wildman–Crippen LogP) is 4.85. The minimum Gasteiger partial charge on any atom is -0.483 e. The molecule has 2 aromatic rings. The smallest absolute Gasteiger partial charge is 0.260 e. The van der Waals surface area contributed by atoms with E-state index in [1.165, 1.54) is 12.1 Å². The van der Waals surface area contributed by atoms with Gasteiger partial charge >= 0.3 is 0 Å². The van der Waals surface area contributed by atoms with E-state index in [-0.39, 0.29) is 30.4 Å². The second-order valence-corrected chi connectivity index (χ2v) is 8.93. The van der Waals surface area contributed by atoms with Crippen LogP contribution in [-0.4, -0.2) is 47.5 Å². The number of hydrogen-bond acceptors (Lipinski definition) is 3. The minimum atomic E-state index is -0.224. The summed E-state index contributed by atoms with van der Waals surface area (Å²) in [5.74, 6) is 0.404. The quantitative estimate of drug-likeness (QED) is 0.573. The normalized spacial score (nSPS) is 20.2. The van der Waals surface area contributed by atoms with Crippen LogP contribution in [0.1, 0.15) is 19.4 Å². The molecule has 150 valence electrons. The van der Waals surface area contributed by atoms with Crippen molar-refractivity contribution < 1.29 is 13.9 Å². The molecule has 4 nitrogen and oxygen atoms in total. The van der Waals surface area contributed by atoms with Crippen LogP contribution in [0.5, 0.6) is 5.75 Å². The summed E-state index contributed by atoms with van der Waals surface area (Å²) in [6, 6.07) is 12.5. The molecule has 1 amide bonds. The third-order valence-corrected chi connectivity index (χ3v) is 6.09. The average molecular weight is 514 g/mol. The highest BCUT2D eigenvalue weighted by Crippen LogP contribution is 2.28. The van der Waals surface area contributed by atoms with Crippen molar-refractivity contribution in [3.8, 4) is 5.75 Å². The summed E-state index contributed by atoms with van der Waals surface area (Å²) in [5, 5.41) is 0. The van der Waals surface area contributed by atoms with Crippen molar-refractivity contribution in [3.63, 3.8) is 0 Å². The molecular formula is C21H23Br2FN2O2. The van der Waals surface area contributed by atoms with Gasteiger partial charge in [0.25, 0.3) is 5.91 Å². The molecule has 2 atom stereocenters. The molecule has 1 saturated heterocycles. The van der Waals surface area contributed by atoms with Gasteiger partial charge in [0.1, 0.15) is 11.6 Å². The van der Waals surface area contributed by atoms with Crippen LogP contribution in [0, 0.1) is 5.82 Å². The number of carbonyl (C=O) groups excluding carboxylic acids is 1. The highest BCUT2D eigenvalue weighted by atomic mass is 79.9. The fourth-order valence-corrected chi connectivity index (χ4v) is 4.57. The Morgan fingerprint density at radius 3 is 2.50 bits per heavy atom. The first-order valence-corrected chi connectivity index (χ1v) is 10.8. The molecule has 1 fully saturated rings. The van der Waals surface area contributed by atoms with Crippen LogP contribution in [-0.2, 0) is 11.3 Å². The van der Waals surface area contributed by atoms with Gasteiger partial charge < -0.3 is 9.64 Å². The molecule has 0 radical (unpaired) electrons. The van der Waals surface area contributed by atoms with E-state index in [9.17, 15) is 9.18 Å². The molecule has 3 rings (SSSR count). The fourth-order valence-electron chi connectivity index (χ4n) is 3.40. The van der Waals surface area contributed by atoms with Crippen LogP contribution in [0.15, 0.2) is 51.4 Å². The van der Waals surface area contributed by atoms with Crippen molar-refractivity contribution in [1.29, 1.82) is 0 Å². The van der Waals surface area contributed by atoms with E-state index in [1.54, 1.807) is 0 Å². The van der Waals surface area contributed by atoms with Crippen LogP contribution in [0.4, 0.5) is 4.39 Å². The first-order valence-electron chi connectivity index (χ1n) is 9.19. The SMILES string of the molecule is C[C@@H]1CN(C(=O)COc2ccc(Br)cc2Br)[C@@H](C)CN1Cc1ccc(F)cc1. The van der Waals surface area contributed by atoms with Crippen molar-refractivity contribution in [2.75, 3.05) is 19.7 Å². The molecule has 0 saturated carbocycles. The van der Waals surface area contributed by atoms with E-state index in [0.29, 0.717) is 12.3 Å². The number of hydrogen-bond donors (Lipinski definition) is 0. The number of rotatable bonds is 5. The number of amides is 1. The first-order chi connectivity index (χ1) is 13.3. The summed E-state index contributed by atoms with van der Waals surface area (Å²) in [7, 11) is 0. The Morgan fingerprint density at radius 1 is 1.11 bits per heavy atom. The highest BCUT2D eigenvalue weighted by Gasteiger charge is 2.32. The van der Waals surface area contributed by atoms with Crippen molar-refractivity contribution in [3.05, 3.63) is 62.8 Å². The molecule has 1 aliphatic heterocycles. The van der Waals surface area contributed by atoms with Gasteiger partial charge in [-0.05, 0) is 65.7 Å². The monoisotopic (exact) mass is 512 g/mol. The van der Waals surface area contributed by atoms with E-state index >= 15 is 0 Å². The Labute approximate surface area is 181 Å². The summed E-state index contributed by atoms with van der Waals surface area (Å²) < 4.78 is 20.6. The number of halogens is 3. The zero-order chi connectivity index (χ0) is 20.3. The topological polar surface area (TPSA) is 32.8 Å². The Balaban J connectivity index is 1.57. The lowest BCUT2D eigenvalue weighted by Crippen LogP contribution is -2.58. The van der Waals surface area contributed by atoms with Crippen LogP contribution in [0.25, 0.3) is 0 Å². The Hall–Kier alpha value is -1.44. The summed E-state index contributed by atoms with van der Waals surface area (Å²) in [5.41, 5.74) is 1.07. The lowest BCUT2D eigenvalue weighted by Gasteiger charge is -2.44. The molecule has 0 unspecified atom stereocenters. The molecule has 0 aromatic heterocycles. The minimum absolute atomic E-state index is 0.00918. The van der Waals surface area contributed by atoms with Gasteiger partial charge in [-0.3, -0.25) is 9.69 Å². The number of ether oxygens (including phenoxy) is 1. The Morgan fingerprint density at radius 2 is 1.82 bits per heavy atom. The second-order valence-electron chi connectivity index (χ2n) is 7.16. The third kappa shape index (κ3) is 5.33. The van der Waals surface area contributed by atoms with Gasteiger partial charge in [-0.25, -0.2) is 4.39 Å². The summed E-state index contributed by atoms with van der Waals surface area (Å²) in [4.78, 5) is 16.9. The van der Waals surface area contributed by atoms with E-state index in [4.69, 9.17) is 4.74 Å². The van der Waals surface area contributed by atoms with Crippen molar-refractivity contribution in [1.82, 2.24) is 9.80 Å². The lowest BCUT2D eigenvalue weighted by molar-refractivity contribution is -0.139. The molecule has 0 bridgehead atoms.